The second kappa shape index (κ2) is 9.80. The first-order valence-electron chi connectivity index (χ1n) is 11.6. The minimum atomic E-state index is -1.02. The monoisotopic (exact) mass is 492 g/mol. The molecular formula is C26H28N4O6. The van der Waals surface area contributed by atoms with Crippen LogP contribution in [-0.4, -0.2) is 46.3 Å². The molecule has 2 atom stereocenters. The van der Waals surface area contributed by atoms with Crippen LogP contribution in [0, 0.1) is 0 Å². The van der Waals surface area contributed by atoms with Crippen molar-refractivity contribution < 1.29 is 28.7 Å². The maximum Gasteiger partial charge on any atom is 0.408 e. The number of alkyl carbamates (subject to hydrolysis) is 1. The number of carbonyl (C=O) groups is 5. The Labute approximate surface area is 208 Å². The van der Waals surface area contributed by atoms with Gasteiger partial charge >= 0.3 is 6.09 Å². The summed E-state index contributed by atoms with van der Waals surface area (Å²) >= 11 is 0. The van der Waals surface area contributed by atoms with Crippen LogP contribution in [0.5, 0.6) is 0 Å². The van der Waals surface area contributed by atoms with Crippen molar-refractivity contribution in [3.8, 4) is 0 Å². The number of imide groups is 1. The minimum absolute atomic E-state index is 0.170. The van der Waals surface area contributed by atoms with E-state index in [9.17, 15) is 24.0 Å². The predicted molar refractivity (Wildman–Crippen MR) is 130 cm³/mol. The Morgan fingerprint density at radius 2 is 1.81 bits per heavy atom. The Balaban J connectivity index is 1.50. The number of nitrogens with zero attached hydrogens (tertiary/aromatic N) is 1. The summed E-state index contributed by atoms with van der Waals surface area (Å²) in [7, 11) is 0. The van der Waals surface area contributed by atoms with Gasteiger partial charge in [0.2, 0.25) is 11.8 Å². The van der Waals surface area contributed by atoms with Crippen LogP contribution in [0.4, 0.5) is 10.5 Å². The summed E-state index contributed by atoms with van der Waals surface area (Å²) < 4.78 is 5.32. The molecule has 2 aliphatic heterocycles. The zero-order chi connectivity index (χ0) is 26.0. The molecule has 36 heavy (non-hydrogen) atoms. The standard InChI is InChI=1S/C26H28N4O6/c1-26(2,3)36-25(35)29-21(15-7-5-4-6-8-15)23(33)27-17-9-10-18-16(13-17)14-30(24(18)34)19-11-12-20(31)28-22(19)32/h4-10,13,19,21H,11-12,14H2,1-3H3,(H,27,33)(H,29,35)(H,28,31,32)/t19?,21-/m0/s1. The smallest absolute Gasteiger partial charge is 0.408 e. The van der Waals surface area contributed by atoms with Crippen LogP contribution < -0.4 is 16.0 Å². The fourth-order valence-corrected chi connectivity index (χ4v) is 4.24. The third-order valence-electron chi connectivity index (χ3n) is 5.85. The molecule has 2 aromatic rings. The number of piperidine rings is 1. The lowest BCUT2D eigenvalue weighted by atomic mass is 10.0. The van der Waals surface area contributed by atoms with Gasteiger partial charge in [0.25, 0.3) is 11.8 Å². The number of benzene rings is 2. The van der Waals surface area contributed by atoms with Crippen LogP contribution in [0.1, 0.15) is 61.1 Å². The van der Waals surface area contributed by atoms with Crippen LogP contribution >= 0.6 is 0 Å². The van der Waals surface area contributed by atoms with Gasteiger partial charge in [0.05, 0.1) is 0 Å². The lowest BCUT2D eigenvalue weighted by Crippen LogP contribution is -2.52. The molecule has 1 saturated heterocycles. The highest BCUT2D eigenvalue weighted by molar-refractivity contribution is 6.06. The van der Waals surface area contributed by atoms with Crippen LogP contribution in [0.25, 0.3) is 0 Å². The van der Waals surface area contributed by atoms with Crippen molar-refractivity contribution in [2.45, 2.75) is 57.8 Å². The van der Waals surface area contributed by atoms with Crippen LogP contribution in [0.15, 0.2) is 48.5 Å². The van der Waals surface area contributed by atoms with E-state index in [0.29, 0.717) is 22.4 Å². The average molecular weight is 493 g/mol. The highest BCUT2D eigenvalue weighted by atomic mass is 16.6. The van der Waals surface area contributed by atoms with Crippen LogP contribution in [0.2, 0.25) is 0 Å². The Morgan fingerprint density at radius 1 is 1.08 bits per heavy atom. The summed E-state index contributed by atoms with van der Waals surface area (Å²) in [6.45, 7) is 5.37. The van der Waals surface area contributed by atoms with Gasteiger partial charge in [0, 0.05) is 24.2 Å². The first-order chi connectivity index (χ1) is 17.0. The van der Waals surface area contributed by atoms with Gasteiger partial charge < -0.3 is 20.3 Å². The molecule has 1 unspecified atom stereocenters. The number of hydrogen-bond acceptors (Lipinski definition) is 6. The molecule has 0 aromatic heterocycles. The summed E-state index contributed by atoms with van der Waals surface area (Å²) in [5, 5.41) is 7.69. The second-order valence-corrected chi connectivity index (χ2v) is 9.75. The molecule has 188 valence electrons. The highest BCUT2D eigenvalue weighted by Gasteiger charge is 2.39. The molecule has 1 fully saturated rings. The molecular weight excluding hydrogens is 464 g/mol. The van der Waals surface area contributed by atoms with Crippen LogP contribution in [-0.2, 0) is 25.7 Å². The first kappa shape index (κ1) is 24.9. The molecule has 2 aliphatic rings. The van der Waals surface area contributed by atoms with Gasteiger partial charge in [-0.15, -0.1) is 0 Å². The topological polar surface area (TPSA) is 134 Å². The molecule has 0 bridgehead atoms. The molecule has 0 spiro atoms. The van der Waals surface area contributed by atoms with Gasteiger partial charge in [0.15, 0.2) is 0 Å². The van der Waals surface area contributed by atoms with Crippen molar-refractivity contribution in [1.82, 2.24) is 15.5 Å². The van der Waals surface area contributed by atoms with E-state index in [-0.39, 0.29) is 31.2 Å². The van der Waals surface area contributed by atoms with E-state index < -0.39 is 35.6 Å². The van der Waals surface area contributed by atoms with Crippen molar-refractivity contribution in [3.63, 3.8) is 0 Å². The third-order valence-corrected chi connectivity index (χ3v) is 5.85. The van der Waals surface area contributed by atoms with E-state index in [1.54, 1.807) is 69.3 Å². The van der Waals surface area contributed by atoms with Crippen molar-refractivity contribution >= 4 is 35.4 Å². The fraction of sp³-hybridized carbons (Fsp3) is 0.346. The lowest BCUT2D eigenvalue weighted by molar-refractivity contribution is -0.137. The Kier molecular flexibility index (Phi) is 6.78. The number of amides is 5. The Hall–Kier alpha value is -4.21. The van der Waals surface area contributed by atoms with E-state index in [2.05, 4.69) is 16.0 Å². The summed E-state index contributed by atoms with van der Waals surface area (Å²) in [6.07, 6.45) is -0.294. The largest absolute Gasteiger partial charge is 0.444 e. The van der Waals surface area contributed by atoms with E-state index in [0.717, 1.165) is 0 Å². The SMILES string of the molecule is CC(C)(C)OC(=O)N[C@H](C(=O)Nc1ccc2c(c1)CN(C1CCC(=O)NC1=O)C2=O)c1ccccc1. The Bertz CT molecular complexity index is 1220. The average Bonchev–Trinajstić information content (AvgIpc) is 3.12. The maximum absolute atomic E-state index is 13.2. The zero-order valence-corrected chi connectivity index (χ0v) is 20.3. The van der Waals surface area contributed by atoms with Crippen molar-refractivity contribution in [2.75, 3.05) is 5.32 Å². The molecule has 4 rings (SSSR count). The summed E-state index contributed by atoms with van der Waals surface area (Å²) in [6, 6.07) is 11.9. The van der Waals surface area contributed by atoms with Gasteiger partial charge in [-0.3, -0.25) is 24.5 Å². The van der Waals surface area contributed by atoms with Crippen LogP contribution in [0.3, 0.4) is 0 Å². The molecule has 0 aliphatic carbocycles. The molecule has 5 amide bonds. The molecule has 10 nitrogen and oxygen atoms in total. The van der Waals surface area contributed by atoms with Crippen molar-refractivity contribution in [1.29, 1.82) is 0 Å². The predicted octanol–water partition coefficient (Wildman–Crippen LogP) is 2.65. The minimum Gasteiger partial charge on any atom is -0.444 e. The van der Waals surface area contributed by atoms with Gasteiger partial charge in [-0.05, 0) is 56.5 Å². The number of hydrogen-bond donors (Lipinski definition) is 3. The second-order valence-electron chi connectivity index (χ2n) is 9.75. The molecule has 0 saturated carbocycles. The highest BCUT2D eigenvalue weighted by Crippen LogP contribution is 2.30. The quantitative estimate of drug-likeness (QED) is 0.550. The molecule has 10 heteroatoms. The number of carbonyl (C=O) groups excluding carboxylic acids is 5. The van der Waals surface area contributed by atoms with Gasteiger partial charge in [-0.25, -0.2) is 4.79 Å². The molecule has 0 radical (unpaired) electrons. The van der Waals surface area contributed by atoms with Gasteiger partial charge in [0.1, 0.15) is 17.7 Å². The number of rotatable bonds is 5. The van der Waals surface area contributed by atoms with E-state index in [1.807, 2.05) is 0 Å². The number of nitrogens with one attached hydrogen (secondary N) is 3. The molecule has 2 aromatic carbocycles. The van der Waals surface area contributed by atoms with E-state index in [4.69, 9.17) is 4.74 Å². The number of fused-ring (bicyclic) bond motifs is 1. The maximum atomic E-state index is 13.2. The van der Waals surface area contributed by atoms with Crippen molar-refractivity contribution in [3.05, 3.63) is 65.2 Å². The lowest BCUT2D eigenvalue weighted by Gasteiger charge is -2.29. The number of ether oxygens (including phenoxy) is 1. The van der Waals surface area contributed by atoms with Gasteiger partial charge in [-0.1, -0.05) is 30.3 Å². The molecule has 3 N–H and O–H groups in total. The van der Waals surface area contributed by atoms with E-state index in [1.165, 1.54) is 4.90 Å². The number of anilines is 1. The summed E-state index contributed by atoms with van der Waals surface area (Å²) in [5.74, 6) is -1.62. The normalized spacial score (nSPS) is 18.2. The summed E-state index contributed by atoms with van der Waals surface area (Å²) in [4.78, 5) is 63.7. The first-order valence-corrected chi connectivity index (χ1v) is 11.6. The van der Waals surface area contributed by atoms with Gasteiger partial charge in [-0.2, -0.15) is 0 Å². The van der Waals surface area contributed by atoms with E-state index >= 15 is 0 Å². The zero-order valence-electron chi connectivity index (χ0n) is 20.3. The summed E-state index contributed by atoms with van der Waals surface area (Å²) in [5.41, 5.74) is 1.36. The third kappa shape index (κ3) is 5.54. The molecule has 2 heterocycles. The van der Waals surface area contributed by atoms with Crippen molar-refractivity contribution in [2.24, 2.45) is 0 Å². The Morgan fingerprint density at radius 3 is 2.47 bits per heavy atom. The fourth-order valence-electron chi connectivity index (χ4n) is 4.24.